The molecule has 4 heteroatoms. The van der Waals surface area contributed by atoms with E-state index in [0.717, 1.165) is 12.8 Å². The Morgan fingerprint density at radius 3 is 2.75 bits per heavy atom. The van der Waals surface area contributed by atoms with E-state index in [1.165, 1.54) is 12.7 Å². The summed E-state index contributed by atoms with van der Waals surface area (Å²) in [5.74, 6) is 0.287. The van der Waals surface area contributed by atoms with Gasteiger partial charge in [-0.15, -0.1) is 0 Å². The monoisotopic (exact) mass is 276 g/mol. The van der Waals surface area contributed by atoms with E-state index in [-0.39, 0.29) is 11.4 Å². The zero-order valence-electron chi connectivity index (χ0n) is 13.0. The number of nitrogens with one attached hydrogen (secondary N) is 1. The molecule has 0 aliphatic heterocycles. The average Bonchev–Trinajstić information content (AvgIpc) is 2.37. The normalized spacial score (nSPS) is 10.8. The van der Waals surface area contributed by atoms with Gasteiger partial charge >= 0.3 is 0 Å². The predicted molar refractivity (Wildman–Crippen MR) is 81.0 cm³/mol. The number of methoxy groups -OCH3 is 1. The van der Waals surface area contributed by atoms with E-state index >= 15 is 0 Å². The molecule has 0 aliphatic rings. The zero-order chi connectivity index (χ0) is 15.2. The summed E-state index contributed by atoms with van der Waals surface area (Å²) >= 11 is 0. The molecular weight excluding hydrogens is 252 g/mol. The maximum atomic E-state index is 12.3. The average molecular weight is 276 g/mol. The number of aromatic nitrogens is 1. The Balaban J connectivity index is 2.71. The molecule has 0 fully saturated rings. The number of carbonyl (C=O) groups is 1. The number of ether oxygens (including phenoxy) is 1. The molecular formula is C16H24N2O2. The quantitative estimate of drug-likeness (QED) is 0.811. The van der Waals surface area contributed by atoms with Crippen LogP contribution in [0, 0.1) is 0 Å². The summed E-state index contributed by atoms with van der Waals surface area (Å²) in [5, 5.41) is 3.01. The van der Waals surface area contributed by atoms with Crippen molar-refractivity contribution >= 4 is 5.91 Å². The van der Waals surface area contributed by atoms with Crippen LogP contribution in [0.15, 0.2) is 30.0 Å². The number of hydrogen-bond donors (Lipinski definition) is 1. The second-order valence-corrected chi connectivity index (χ2v) is 5.71. The fourth-order valence-electron chi connectivity index (χ4n) is 1.88. The maximum absolute atomic E-state index is 12.3. The van der Waals surface area contributed by atoms with Crippen LogP contribution >= 0.6 is 0 Å². The summed E-state index contributed by atoms with van der Waals surface area (Å²) in [6.45, 7) is 8.17. The molecule has 1 amide bonds. The molecule has 1 aromatic heterocycles. The lowest BCUT2D eigenvalue weighted by Gasteiger charge is -2.26. The third-order valence-electron chi connectivity index (χ3n) is 2.98. The van der Waals surface area contributed by atoms with Crippen LogP contribution < -0.4 is 10.1 Å². The molecule has 1 heterocycles. The number of hydrogen-bond acceptors (Lipinski definition) is 3. The first-order valence-electron chi connectivity index (χ1n) is 6.80. The molecule has 20 heavy (non-hydrogen) atoms. The topological polar surface area (TPSA) is 51.2 Å². The third kappa shape index (κ3) is 5.03. The lowest BCUT2D eigenvalue weighted by atomic mass is 9.97. The second-order valence-electron chi connectivity index (χ2n) is 5.71. The smallest absolute Gasteiger partial charge is 0.274 e. The van der Waals surface area contributed by atoms with Crippen LogP contribution in [0.4, 0.5) is 0 Å². The molecule has 0 aromatic carbocycles. The molecule has 0 atom stereocenters. The van der Waals surface area contributed by atoms with Crippen molar-refractivity contribution in [2.24, 2.45) is 0 Å². The van der Waals surface area contributed by atoms with Gasteiger partial charge in [0.05, 0.1) is 7.11 Å². The Morgan fingerprint density at radius 2 is 2.15 bits per heavy atom. The van der Waals surface area contributed by atoms with Crippen molar-refractivity contribution in [1.29, 1.82) is 0 Å². The van der Waals surface area contributed by atoms with Gasteiger partial charge in [-0.25, -0.2) is 4.98 Å². The van der Waals surface area contributed by atoms with Gasteiger partial charge in [0.15, 0.2) is 5.69 Å². The van der Waals surface area contributed by atoms with Crippen molar-refractivity contribution in [3.8, 4) is 5.75 Å². The van der Waals surface area contributed by atoms with Gasteiger partial charge in [-0.05, 0) is 52.7 Å². The first-order chi connectivity index (χ1) is 9.35. The summed E-state index contributed by atoms with van der Waals surface area (Å²) < 4.78 is 5.16. The lowest BCUT2D eigenvalue weighted by Crippen LogP contribution is -2.43. The number of rotatable bonds is 6. The van der Waals surface area contributed by atoms with Crippen molar-refractivity contribution in [2.75, 3.05) is 7.11 Å². The summed E-state index contributed by atoms with van der Waals surface area (Å²) in [6.07, 6.45) is 5.58. The molecule has 0 aliphatic carbocycles. The lowest BCUT2D eigenvalue weighted by molar-refractivity contribution is 0.0901. The fourth-order valence-corrected chi connectivity index (χ4v) is 1.88. The Hall–Kier alpha value is -1.84. The molecule has 0 bridgehead atoms. The van der Waals surface area contributed by atoms with Crippen LogP contribution in [0.25, 0.3) is 0 Å². The highest BCUT2D eigenvalue weighted by molar-refractivity contribution is 5.95. The minimum atomic E-state index is -0.286. The molecule has 0 unspecified atom stereocenters. The van der Waals surface area contributed by atoms with Crippen molar-refractivity contribution < 1.29 is 9.53 Å². The standard InChI is InChI=1S/C16H24N2O2/c1-12(2)8-6-10-16(3,4)18-15(19)14-13(20-5)9-7-11-17-14/h7-9,11H,6,10H2,1-5H3,(H,18,19). The SMILES string of the molecule is COc1cccnc1C(=O)NC(C)(C)CCC=C(C)C. The van der Waals surface area contributed by atoms with Crippen molar-refractivity contribution in [2.45, 2.75) is 46.1 Å². The Kier molecular flexibility index (Phi) is 5.74. The van der Waals surface area contributed by atoms with Gasteiger partial charge in [0.1, 0.15) is 5.75 Å². The molecule has 0 radical (unpaired) electrons. The van der Waals surface area contributed by atoms with E-state index in [9.17, 15) is 4.79 Å². The predicted octanol–water partition coefficient (Wildman–Crippen LogP) is 3.35. The van der Waals surface area contributed by atoms with Crippen LogP contribution in [0.3, 0.4) is 0 Å². The van der Waals surface area contributed by atoms with E-state index in [4.69, 9.17) is 4.74 Å². The van der Waals surface area contributed by atoms with Crippen molar-refractivity contribution in [3.63, 3.8) is 0 Å². The Labute approximate surface area is 121 Å². The molecule has 1 rings (SSSR count). The Bertz CT molecular complexity index is 489. The molecule has 1 N–H and O–H groups in total. The van der Waals surface area contributed by atoms with Crippen LogP contribution in [-0.2, 0) is 0 Å². The molecule has 4 nitrogen and oxygen atoms in total. The van der Waals surface area contributed by atoms with E-state index in [2.05, 4.69) is 30.2 Å². The van der Waals surface area contributed by atoms with E-state index < -0.39 is 0 Å². The summed E-state index contributed by atoms with van der Waals surface area (Å²) in [5.41, 5.74) is 1.33. The van der Waals surface area contributed by atoms with Crippen LogP contribution in [0.5, 0.6) is 5.75 Å². The number of pyridine rings is 1. The minimum absolute atomic E-state index is 0.204. The third-order valence-corrected chi connectivity index (χ3v) is 2.98. The van der Waals surface area contributed by atoms with E-state index in [1.54, 1.807) is 18.3 Å². The van der Waals surface area contributed by atoms with Crippen LogP contribution in [-0.4, -0.2) is 23.5 Å². The zero-order valence-corrected chi connectivity index (χ0v) is 13.0. The number of amides is 1. The first kappa shape index (κ1) is 16.2. The number of allylic oxidation sites excluding steroid dienone is 2. The minimum Gasteiger partial charge on any atom is -0.494 e. The Morgan fingerprint density at radius 1 is 1.45 bits per heavy atom. The highest BCUT2D eigenvalue weighted by Crippen LogP contribution is 2.18. The highest BCUT2D eigenvalue weighted by Gasteiger charge is 2.23. The van der Waals surface area contributed by atoms with Gasteiger partial charge in [0.25, 0.3) is 5.91 Å². The van der Waals surface area contributed by atoms with Gasteiger partial charge in [-0.1, -0.05) is 11.6 Å². The molecule has 0 saturated heterocycles. The van der Waals surface area contributed by atoms with E-state index in [1.807, 2.05) is 13.8 Å². The first-order valence-corrected chi connectivity index (χ1v) is 6.80. The number of carbonyl (C=O) groups excluding carboxylic acids is 1. The number of nitrogens with zero attached hydrogens (tertiary/aromatic N) is 1. The summed E-state index contributed by atoms with van der Waals surface area (Å²) in [7, 11) is 1.54. The van der Waals surface area contributed by atoms with Gasteiger partial charge in [-0.2, -0.15) is 0 Å². The van der Waals surface area contributed by atoms with Crippen LogP contribution in [0.1, 0.15) is 51.0 Å². The second kappa shape index (κ2) is 7.08. The van der Waals surface area contributed by atoms with Gasteiger partial charge in [0.2, 0.25) is 0 Å². The van der Waals surface area contributed by atoms with Crippen molar-refractivity contribution in [1.82, 2.24) is 10.3 Å². The van der Waals surface area contributed by atoms with Crippen molar-refractivity contribution in [3.05, 3.63) is 35.7 Å². The van der Waals surface area contributed by atoms with Gasteiger partial charge < -0.3 is 10.1 Å². The maximum Gasteiger partial charge on any atom is 0.274 e. The highest BCUT2D eigenvalue weighted by atomic mass is 16.5. The van der Waals surface area contributed by atoms with Crippen LogP contribution in [0.2, 0.25) is 0 Å². The van der Waals surface area contributed by atoms with Gasteiger partial charge in [-0.3, -0.25) is 4.79 Å². The molecule has 0 saturated carbocycles. The summed E-state index contributed by atoms with van der Waals surface area (Å²) in [6, 6.07) is 3.48. The fraction of sp³-hybridized carbons (Fsp3) is 0.500. The van der Waals surface area contributed by atoms with Gasteiger partial charge in [0, 0.05) is 11.7 Å². The van der Waals surface area contributed by atoms with E-state index in [0.29, 0.717) is 11.4 Å². The molecule has 1 aromatic rings. The molecule has 110 valence electrons. The summed E-state index contributed by atoms with van der Waals surface area (Å²) in [4.78, 5) is 16.4. The molecule has 0 spiro atoms. The largest absolute Gasteiger partial charge is 0.494 e.